The van der Waals surface area contributed by atoms with E-state index in [0.29, 0.717) is 12.5 Å². The molecule has 4 heteroatoms. The van der Waals surface area contributed by atoms with Gasteiger partial charge >= 0.3 is 0 Å². The summed E-state index contributed by atoms with van der Waals surface area (Å²) in [6, 6.07) is 15.5. The third-order valence-corrected chi connectivity index (χ3v) is 5.00. The van der Waals surface area contributed by atoms with Crippen LogP contribution in [0.15, 0.2) is 48.5 Å². The van der Waals surface area contributed by atoms with Crippen LogP contribution in [-0.2, 0) is 11.2 Å². The number of aryl methyl sites for hydroxylation is 1. The predicted octanol–water partition coefficient (Wildman–Crippen LogP) is 5.37. The Morgan fingerprint density at radius 2 is 1.63 bits per heavy atom. The lowest BCUT2D eigenvalue weighted by molar-refractivity contribution is -0.122. The molecule has 144 valence electrons. The Balaban J connectivity index is 1.55. The molecule has 2 aromatic rings. The van der Waals surface area contributed by atoms with Gasteiger partial charge in [-0.15, -0.1) is 0 Å². The summed E-state index contributed by atoms with van der Waals surface area (Å²) in [5.41, 5.74) is 2.00. The first kappa shape index (κ1) is 19.3. The molecule has 27 heavy (non-hydrogen) atoms. The van der Waals surface area contributed by atoms with Crippen molar-refractivity contribution in [1.29, 1.82) is 0 Å². The minimum Gasteiger partial charge on any atom is -0.490 e. The number of carbonyl (C=O) groups excluding carboxylic acids is 1. The second-order valence-corrected chi connectivity index (χ2v) is 7.05. The van der Waals surface area contributed by atoms with E-state index in [9.17, 15) is 4.79 Å². The Labute approximate surface area is 161 Å². The number of nitrogens with one attached hydrogen (secondary N) is 1. The molecule has 0 saturated heterocycles. The van der Waals surface area contributed by atoms with Crippen LogP contribution in [0, 0.1) is 0 Å². The lowest BCUT2D eigenvalue weighted by atomic mass is 10.1. The summed E-state index contributed by atoms with van der Waals surface area (Å²) in [6.45, 7) is 4.06. The summed E-state index contributed by atoms with van der Waals surface area (Å²) in [5, 5.41) is 2.94. The molecule has 0 bridgehead atoms. The topological polar surface area (TPSA) is 47.6 Å². The van der Waals surface area contributed by atoms with Gasteiger partial charge in [-0.3, -0.25) is 4.79 Å². The zero-order chi connectivity index (χ0) is 19.1. The standard InChI is InChI=1S/C23H29NO3/c1-3-17-9-13-21(14-10-17)27-22(4-2)23(25)24-18-11-15-20(16-12-18)26-19-7-5-6-8-19/h9-16,19,22H,3-8H2,1-2H3,(H,24,25)/t22-/m0/s1. The predicted molar refractivity (Wildman–Crippen MR) is 108 cm³/mol. The van der Waals surface area contributed by atoms with Crippen LogP contribution >= 0.6 is 0 Å². The number of hydrogen-bond acceptors (Lipinski definition) is 3. The molecule has 1 saturated carbocycles. The number of ether oxygens (including phenoxy) is 2. The Hall–Kier alpha value is -2.49. The Morgan fingerprint density at radius 3 is 2.22 bits per heavy atom. The second-order valence-electron chi connectivity index (χ2n) is 7.05. The molecule has 0 heterocycles. The monoisotopic (exact) mass is 367 g/mol. The Bertz CT molecular complexity index is 718. The number of benzene rings is 2. The van der Waals surface area contributed by atoms with Crippen molar-refractivity contribution in [2.24, 2.45) is 0 Å². The van der Waals surface area contributed by atoms with Crippen LogP contribution in [0.5, 0.6) is 11.5 Å². The van der Waals surface area contributed by atoms with Gasteiger partial charge in [0.15, 0.2) is 6.10 Å². The minimum atomic E-state index is -0.521. The summed E-state index contributed by atoms with van der Waals surface area (Å²) in [5.74, 6) is 1.44. The van der Waals surface area contributed by atoms with E-state index in [0.717, 1.165) is 36.4 Å². The molecule has 3 rings (SSSR count). The minimum absolute atomic E-state index is 0.137. The highest BCUT2D eigenvalue weighted by Crippen LogP contribution is 2.25. The number of carbonyl (C=O) groups is 1. The van der Waals surface area contributed by atoms with Crippen LogP contribution in [0.2, 0.25) is 0 Å². The molecule has 0 radical (unpaired) electrons. The van der Waals surface area contributed by atoms with Crippen molar-refractivity contribution < 1.29 is 14.3 Å². The summed E-state index contributed by atoms with van der Waals surface area (Å²) < 4.78 is 11.8. The molecule has 1 aliphatic carbocycles. The quantitative estimate of drug-likeness (QED) is 0.682. The maximum Gasteiger partial charge on any atom is 0.265 e. The van der Waals surface area contributed by atoms with Gasteiger partial charge in [0.25, 0.3) is 5.91 Å². The second kappa shape index (κ2) is 9.45. The molecule has 1 amide bonds. The number of hydrogen-bond donors (Lipinski definition) is 1. The van der Waals surface area contributed by atoms with Gasteiger partial charge in [-0.25, -0.2) is 0 Å². The molecule has 2 aromatic carbocycles. The largest absolute Gasteiger partial charge is 0.490 e. The Morgan fingerprint density at radius 1 is 1.00 bits per heavy atom. The van der Waals surface area contributed by atoms with E-state index >= 15 is 0 Å². The average molecular weight is 367 g/mol. The van der Waals surface area contributed by atoms with E-state index in [1.165, 1.54) is 18.4 Å². The molecule has 4 nitrogen and oxygen atoms in total. The molecule has 1 N–H and O–H groups in total. The molecule has 1 aliphatic rings. The van der Waals surface area contributed by atoms with Crippen molar-refractivity contribution in [2.45, 2.75) is 64.6 Å². The molecule has 0 spiro atoms. The first-order valence-corrected chi connectivity index (χ1v) is 10.0. The van der Waals surface area contributed by atoms with E-state index in [-0.39, 0.29) is 5.91 Å². The fourth-order valence-electron chi connectivity index (χ4n) is 3.33. The van der Waals surface area contributed by atoms with Crippen LogP contribution < -0.4 is 14.8 Å². The number of anilines is 1. The van der Waals surface area contributed by atoms with Gasteiger partial charge in [0.05, 0.1) is 6.10 Å². The summed E-state index contributed by atoms with van der Waals surface area (Å²) in [4.78, 5) is 12.6. The summed E-state index contributed by atoms with van der Waals surface area (Å²) in [7, 11) is 0. The van der Waals surface area contributed by atoms with Crippen molar-refractivity contribution >= 4 is 11.6 Å². The van der Waals surface area contributed by atoms with Crippen LogP contribution in [0.1, 0.15) is 51.5 Å². The zero-order valence-electron chi connectivity index (χ0n) is 16.2. The van der Waals surface area contributed by atoms with Crippen molar-refractivity contribution in [1.82, 2.24) is 0 Å². The molecular formula is C23H29NO3. The van der Waals surface area contributed by atoms with Gasteiger partial charge in [-0.05, 0) is 80.5 Å². The van der Waals surface area contributed by atoms with E-state index in [1.54, 1.807) is 0 Å². The first-order valence-electron chi connectivity index (χ1n) is 10.0. The number of amides is 1. The van der Waals surface area contributed by atoms with Crippen LogP contribution in [0.4, 0.5) is 5.69 Å². The average Bonchev–Trinajstić information content (AvgIpc) is 3.21. The molecule has 0 unspecified atom stereocenters. The van der Waals surface area contributed by atoms with Crippen molar-refractivity contribution in [3.05, 3.63) is 54.1 Å². The normalized spacial score (nSPS) is 15.3. The lowest BCUT2D eigenvalue weighted by Crippen LogP contribution is -2.32. The van der Waals surface area contributed by atoms with Crippen LogP contribution in [-0.4, -0.2) is 18.1 Å². The van der Waals surface area contributed by atoms with Gasteiger partial charge < -0.3 is 14.8 Å². The van der Waals surface area contributed by atoms with E-state index in [2.05, 4.69) is 12.2 Å². The van der Waals surface area contributed by atoms with Crippen molar-refractivity contribution in [3.63, 3.8) is 0 Å². The third kappa shape index (κ3) is 5.49. The Kier molecular flexibility index (Phi) is 6.74. The van der Waals surface area contributed by atoms with Gasteiger partial charge in [-0.2, -0.15) is 0 Å². The van der Waals surface area contributed by atoms with E-state index in [1.807, 2.05) is 55.5 Å². The summed E-state index contributed by atoms with van der Waals surface area (Å²) in [6.07, 6.45) is 6.16. The van der Waals surface area contributed by atoms with Crippen molar-refractivity contribution in [3.8, 4) is 11.5 Å². The van der Waals surface area contributed by atoms with Gasteiger partial charge in [0.1, 0.15) is 11.5 Å². The van der Waals surface area contributed by atoms with Crippen molar-refractivity contribution in [2.75, 3.05) is 5.32 Å². The molecule has 1 fully saturated rings. The maximum absolute atomic E-state index is 12.6. The number of rotatable bonds is 8. The third-order valence-electron chi connectivity index (χ3n) is 5.00. The van der Waals surface area contributed by atoms with Crippen LogP contribution in [0.25, 0.3) is 0 Å². The summed E-state index contributed by atoms with van der Waals surface area (Å²) >= 11 is 0. The molecule has 1 atom stereocenters. The zero-order valence-corrected chi connectivity index (χ0v) is 16.2. The fraction of sp³-hybridized carbons (Fsp3) is 0.435. The molecular weight excluding hydrogens is 338 g/mol. The van der Waals surface area contributed by atoms with E-state index < -0.39 is 6.10 Å². The maximum atomic E-state index is 12.6. The highest BCUT2D eigenvalue weighted by atomic mass is 16.5. The molecule has 0 aromatic heterocycles. The highest BCUT2D eigenvalue weighted by molar-refractivity contribution is 5.94. The van der Waals surface area contributed by atoms with Gasteiger partial charge in [0, 0.05) is 5.69 Å². The van der Waals surface area contributed by atoms with Gasteiger partial charge in [0.2, 0.25) is 0 Å². The van der Waals surface area contributed by atoms with Gasteiger partial charge in [-0.1, -0.05) is 26.0 Å². The van der Waals surface area contributed by atoms with Crippen LogP contribution in [0.3, 0.4) is 0 Å². The lowest BCUT2D eigenvalue weighted by Gasteiger charge is -2.18. The first-order chi connectivity index (χ1) is 13.2. The fourth-order valence-corrected chi connectivity index (χ4v) is 3.33. The molecule has 0 aliphatic heterocycles. The smallest absolute Gasteiger partial charge is 0.265 e. The highest BCUT2D eigenvalue weighted by Gasteiger charge is 2.19. The SMILES string of the molecule is CCc1ccc(O[C@@H](CC)C(=O)Nc2ccc(OC3CCCC3)cc2)cc1. The van der Waals surface area contributed by atoms with E-state index in [4.69, 9.17) is 9.47 Å².